The molecule has 2 amide bonds. The van der Waals surface area contributed by atoms with Gasteiger partial charge in [0, 0.05) is 25.5 Å². The van der Waals surface area contributed by atoms with Crippen molar-refractivity contribution in [1.82, 2.24) is 4.90 Å². The molecule has 25 heavy (non-hydrogen) atoms. The lowest BCUT2D eigenvalue weighted by Gasteiger charge is -2.17. The van der Waals surface area contributed by atoms with Gasteiger partial charge in [0.25, 0.3) is 11.1 Å². The highest BCUT2D eigenvalue weighted by molar-refractivity contribution is 8.18. The molecule has 1 fully saturated rings. The van der Waals surface area contributed by atoms with Crippen LogP contribution in [0.4, 0.5) is 16.2 Å². The van der Waals surface area contributed by atoms with Gasteiger partial charge in [-0.25, -0.2) is 0 Å². The van der Waals surface area contributed by atoms with Gasteiger partial charge in [0.1, 0.15) is 0 Å². The van der Waals surface area contributed by atoms with E-state index >= 15 is 0 Å². The first-order valence-corrected chi connectivity index (χ1v) is 8.68. The van der Waals surface area contributed by atoms with Gasteiger partial charge in [-0.15, -0.1) is 0 Å². The maximum atomic E-state index is 12.5. The van der Waals surface area contributed by atoms with Crippen LogP contribution in [0.2, 0.25) is 0 Å². The molecule has 0 unspecified atom stereocenters. The number of benzene rings is 2. The molecule has 1 aliphatic rings. The van der Waals surface area contributed by atoms with Crippen molar-refractivity contribution in [3.05, 3.63) is 65.1 Å². The van der Waals surface area contributed by atoms with Gasteiger partial charge in [-0.2, -0.15) is 0 Å². The number of amides is 2. The Balaban J connectivity index is 1.69. The second-order valence-corrected chi connectivity index (χ2v) is 6.79. The molecule has 0 atom stereocenters. The van der Waals surface area contributed by atoms with E-state index in [2.05, 4.69) is 5.32 Å². The predicted octanol–water partition coefficient (Wildman–Crippen LogP) is 3.86. The molecule has 0 aromatic heterocycles. The minimum atomic E-state index is -0.268. The van der Waals surface area contributed by atoms with Crippen molar-refractivity contribution in [1.29, 1.82) is 0 Å². The van der Waals surface area contributed by atoms with E-state index in [0.717, 1.165) is 28.7 Å². The van der Waals surface area contributed by atoms with Crippen LogP contribution < -0.4 is 10.2 Å². The summed E-state index contributed by atoms with van der Waals surface area (Å²) in [6, 6.07) is 17.3. The van der Waals surface area contributed by atoms with Gasteiger partial charge in [-0.3, -0.25) is 14.5 Å². The van der Waals surface area contributed by atoms with Crippen LogP contribution in [0.1, 0.15) is 5.56 Å². The molecule has 0 aliphatic carbocycles. The maximum absolute atomic E-state index is 12.5. The van der Waals surface area contributed by atoms with E-state index in [4.69, 9.17) is 0 Å². The summed E-state index contributed by atoms with van der Waals surface area (Å²) >= 11 is 0.970. The highest BCUT2D eigenvalue weighted by Crippen LogP contribution is 2.32. The lowest BCUT2D eigenvalue weighted by Crippen LogP contribution is -2.33. The third-order valence-electron chi connectivity index (χ3n) is 3.77. The lowest BCUT2D eigenvalue weighted by molar-refractivity contribution is -0.122. The topological polar surface area (TPSA) is 52.6 Å². The molecule has 2 aromatic carbocycles. The third-order valence-corrected chi connectivity index (χ3v) is 4.68. The number of carbonyl (C=O) groups excluding carboxylic acids is 2. The van der Waals surface area contributed by atoms with Crippen molar-refractivity contribution in [2.75, 3.05) is 31.0 Å². The molecular weight excluding hydrogens is 334 g/mol. The summed E-state index contributed by atoms with van der Waals surface area (Å²) in [6.45, 7) is 0.147. The van der Waals surface area contributed by atoms with E-state index in [1.165, 1.54) is 4.90 Å². The zero-order chi connectivity index (χ0) is 17.8. The number of anilines is 2. The van der Waals surface area contributed by atoms with Gasteiger partial charge >= 0.3 is 0 Å². The van der Waals surface area contributed by atoms with Crippen LogP contribution in [-0.2, 0) is 4.79 Å². The zero-order valence-corrected chi connectivity index (χ0v) is 14.9. The van der Waals surface area contributed by atoms with Crippen LogP contribution in [0.3, 0.4) is 0 Å². The predicted molar refractivity (Wildman–Crippen MR) is 104 cm³/mol. The zero-order valence-electron chi connectivity index (χ0n) is 14.1. The van der Waals surface area contributed by atoms with E-state index in [0.29, 0.717) is 4.91 Å². The van der Waals surface area contributed by atoms with E-state index in [1.807, 2.05) is 73.6 Å². The van der Waals surface area contributed by atoms with Crippen LogP contribution in [-0.4, -0.2) is 36.8 Å². The van der Waals surface area contributed by atoms with Gasteiger partial charge in [0.2, 0.25) is 0 Å². The van der Waals surface area contributed by atoms with E-state index in [1.54, 1.807) is 6.08 Å². The summed E-state index contributed by atoms with van der Waals surface area (Å²) in [4.78, 5) is 28.3. The van der Waals surface area contributed by atoms with E-state index < -0.39 is 0 Å². The molecule has 6 heteroatoms. The summed E-state index contributed by atoms with van der Waals surface area (Å²) in [5, 5.41) is 2.88. The minimum absolute atomic E-state index is 0.147. The fourth-order valence-electron chi connectivity index (χ4n) is 2.40. The smallest absolute Gasteiger partial charge is 0.295 e. The number of nitrogens with zero attached hydrogens (tertiary/aromatic N) is 2. The number of hydrogen-bond acceptors (Lipinski definition) is 5. The molecule has 2 aromatic rings. The highest BCUT2D eigenvalue weighted by Gasteiger charge is 2.34. The average Bonchev–Trinajstić information content (AvgIpc) is 2.87. The Bertz CT molecular complexity index is 818. The Kier molecular flexibility index (Phi) is 5.09. The fourth-order valence-corrected chi connectivity index (χ4v) is 3.24. The summed E-state index contributed by atoms with van der Waals surface area (Å²) in [5.74, 6) is -0.268. The number of rotatable bonds is 5. The molecule has 1 aliphatic heterocycles. The Morgan fingerprint density at radius 3 is 2.56 bits per heavy atom. The summed E-state index contributed by atoms with van der Waals surface area (Å²) in [6.07, 6.45) is 1.75. The van der Waals surface area contributed by atoms with Gasteiger partial charge in [-0.1, -0.05) is 36.4 Å². The molecule has 1 saturated heterocycles. The standard InChI is InChI=1S/C19H19N3O2S/c1-21(2)16-10-6-9-15(12-16)20-13-22-18(23)17(25-19(22)24)11-14-7-4-3-5-8-14/h3-12,20H,13H2,1-2H3/b17-11-. The average molecular weight is 353 g/mol. The number of nitrogens with one attached hydrogen (secondary N) is 1. The van der Waals surface area contributed by atoms with Gasteiger partial charge in [0.05, 0.1) is 11.6 Å². The largest absolute Gasteiger partial charge is 0.378 e. The highest BCUT2D eigenvalue weighted by atomic mass is 32.2. The Labute approximate surface area is 151 Å². The molecular formula is C19H19N3O2S. The monoisotopic (exact) mass is 353 g/mol. The molecule has 0 bridgehead atoms. The second kappa shape index (κ2) is 7.44. The van der Waals surface area contributed by atoms with Crippen LogP contribution in [0.5, 0.6) is 0 Å². The molecule has 1 N–H and O–H groups in total. The number of thioether (sulfide) groups is 1. The molecule has 3 rings (SSSR count). The molecule has 0 spiro atoms. The van der Waals surface area contributed by atoms with Crippen LogP contribution in [0.15, 0.2) is 59.5 Å². The Morgan fingerprint density at radius 2 is 1.84 bits per heavy atom. The summed E-state index contributed by atoms with van der Waals surface area (Å²) in [7, 11) is 3.92. The van der Waals surface area contributed by atoms with Crippen molar-refractivity contribution < 1.29 is 9.59 Å². The molecule has 0 saturated carbocycles. The lowest BCUT2D eigenvalue weighted by atomic mass is 10.2. The van der Waals surface area contributed by atoms with Gasteiger partial charge in [-0.05, 0) is 41.6 Å². The fraction of sp³-hybridized carbons (Fsp3) is 0.158. The summed E-state index contributed by atoms with van der Waals surface area (Å²) in [5.41, 5.74) is 2.81. The number of carbonyl (C=O) groups is 2. The van der Waals surface area contributed by atoms with Crippen LogP contribution in [0.25, 0.3) is 6.08 Å². The van der Waals surface area contributed by atoms with Crippen molar-refractivity contribution in [3.63, 3.8) is 0 Å². The van der Waals surface area contributed by atoms with Crippen molar-refractivity contribution in [3.8, 4) is 0 Å². The van der Waals surface area contributed by atoms with Crippen molar-refractivity contribution in [2.45, 2.75) is 0 Å². The number of hydrogen-bond donors (Lipinski definition) is 1. The first-order valence-electron chi connectivity index (χ1n) is 7.86. The first-order chi connectivity index (χ1) is 12.0. The molecule has 128 valence electrons. The van der Waals surface area contributed by atoms with E-state index in [9.17, 15) is 9.59 Å². The van der Waals surface area contributed by atoms with Gasteiger partial charge < -0.3 is 10.2 Å². The van der Waals surface area contributed by atoms with Crippen LogP contribution >= 0.6 is 11.8 Å². The first kappa shape index (κ1) is 17.1. The SMILES string of the molecule is CN(C)c1cccc(NCN2C(=O)S/C(=C\c3ccccc3)C2=O)c1. The van der Waals surface area contributed by atoms with Crippen molar-refractivity contribution in [2.24, 2.45) is 0 Å². The molecule has 1 heterocycles. The molecule has 0 radical (unpaired) electrons. The third kappa shape index (κ3) is 4.03. The van der Waals surface area contributed by atoms with E-state index in [-0.39, 0.29) is 17.8 Å². The minimum Gasteiger partial charge on any atom is -0.378 e. The van der Waals surface area contributed by atoms with Gasteiger partial charge in [0.15, 0.2) is 0 Å². The van der Waals surface area contributed by atoms with Crippen LogP contribution in [0, 0.1) is 0 Å². The summed E-state index contributed by atoms with van der Waals surface area (Å²) < 4.78 is 0. The number of imide groups is 1. The molecule has 5 nitrogen and oxygen atoms in total. The quantitative estimate of drug-likeness (QED) is 0.827. The Morgan fingerprint density at radius 1 is 1.08 bits per heavy atom. The van der Waals surface area contributed by atoms with Crippen molar-refractivity contribution >= 4 is 40.4 Å². The normalized spacial score (nSPS) is 15.8. The Hall–Kier alpha value is -2.73. The second-order valence-electron chi connectivity index (χ2n) is 5.80. The maximum Gasteiger partial charge on any atom is 0.295 e.